The lowest BCUT2D eigenvalue weighted by atomic mass is 10.1. The van der Waals surface area contributed by atoms with Crippen molar-refractivity contribution in [1.29, 1.82) is 0 Å². The number of nitrogens with zero attached hydrogens (tertiary/aromatic N) is 2. The van der Waals surface area contributed by atoms with Crippen molar-refractivity contribution in [3.05, 3.63) is 94.3 Å². The maximum atomic E-state index is 11.0. The van der Waals surface area contributed by atoms with Gasteiger partial charge in [-0.3, -0.25) is 0 Å². The molecule has 0 saturated heterocycles. The Hall–Kier alpha value is -4.46. The largest absolute Gasteiger partial charge is 0.508 e. The number of rotatable bonds is 3. The van der Waals surface area contributed by atoms with Crippen molar-refractivity contribution in [1.82, 2.24) is 0 Å². The second kappa shape index (κ2) is 9.36. The molecule has 0 saturated carbocycles. The number of azo groups is 1. The van der Waals surface area contributed by atoms with Crippen molar-refractivity contribution in [3.63, 3.8) is 0 Å². The van der Waals surface area contributed by atoms with E-state index in [0.717, 1.165) is 10.9 Å². The van der Waals surface area contributed by atoms with Gasteiger partial charge in [0.25, 0.3) is 0 Å². The summed E-state index contributed by atoms with van der Waals surface area (Å²) in [5, 5.41) is 26.8. The molecule has 0 fully saturated rings. The van der Waals surface area contributed by atoms with Crippen LogP contribution in [0.4, 0.5) is 17.1 Å². The van der Waals surface area contributed by atoms with E-state index in [1.54, 1.807) is 42.5 Å². The van der Waals surface area contributed by atoms with Crippen LogP contribution in [0.5, 0.6) is 5.75 Å². The van der Waals surface area contributed by atoms with Crippen LogP contribution < -0.4 is 11.4 Å². The van der Waals surface area contributed by atoms with Gasteiger partial charge < -0.3 is 20.4 Å². The molecule has 4 N–H and O–H groups in total. The minimum atomic E-state index is -1.05. The lowest BCUT2D eigenvalue weighted by molar-refractivity contribution is 0.0697. The van der Waals surface area contributed by atoms with Crippen LogP contribution in [-0.4, -0.2) is 16.2 Å². The number of hydrogen-bond acceptors (Lipinski definition) is 7. The van der Waals surface area contributed by atoms with Gasteiger partial charge in [0.2, 0.25) is 0 Å². The van der Waals surface area contributed by atoms with Gasteiger partial charge in [-0.25, -0.2) is 9.59 Å². The van der Waals surface area contributed by atoms with Crippen molar-refractivity contribution in [3.8, 4) is 5.75 Å². The molecule has 0 aliphatic rings. The van der Waals surface area contributed by atoms with Gasteiger partial charge in [-0.2, -0.15) is 5.11 Å². The molecule has 31 heavy (non-hydrogen) atoms. The number of hydrogen-bond donors (Lipinski definition) is 3. The number of phenolic OH excluding ortho intramolecular Hbond substituents is 1. The van der Waals surface area contributed by atoms with Crippen LogP contribution in [0.25, 0.3) is 11.0 Å². The Morgan fingerprint density at radius 1 is 0.968 bits per heavy atom. The van der Waals surface area contributed by atoms with E-state index >= 15 is 0 Å². The van der Waals surface area contributed by atoms with Crippen LogP contribution >= 0.6 is 0 Å². The lowest BCUT2D eigenvalue weighted by Gasteiger charge is -2.00. The van der Waals surface area contributed by atoms with Crippen LogP contribution in [-0.2, 0) is 0 Å². The van der Waals surface area contributed by atoms with Gasteiger partial charge in [-0.1, -0.05) is 12.1 Å². The van der Waals surface area contributed by atoms with E-state index in [2.05, 4.69) is 10.2 Å². The van der Waals surface area contributed by atoms with Crippen LogP contribution in [0.15, 0.2) is 92.2 Å². The highest BCUT2D eigenvalue weighted by atomic mass is 16.4. The molecule has 0 bridgehead atoms. The number of anilines is 1. The quantitative estimate of drug-likeness (QED) is 0.238. The number of carbonyl (C=O) groups is 1. The molecule has 8 heteroatoms. The molecule has 8 nitrogen and oxygen atoms in total. The third kappa shape index (κ3) is 5.54. The zero-order valence-corrected chi connectivity index (χ0v) is 16.5. The Morgan fingerprint density at radius 2 is 1.68 bits per heavy atom. The first kappa shape index (κ1) is 21.3. The molecule has 0 spiro atoms. The summed E-state index contributed by atoms with van der Waals surface area (Å²) < 4.78 is 4.99. The van der Waals surface area contributed by atoms with E-state index in [1.807, 2.05) is 13.0 Å². The number of aromatic hydroxyl groups is 1. The van der Waals surface area contributed by atoms with Crippen molar-refractivity contribution in [2.24, 2.45) is 10.2 Å². The smallest absolute Gasteiger partial charge is 0.337 e. The fourth-order valence-electron chi connectivity index (χ4n) is 2.71. The Labute approximate surface area is 176 Å². The molecule has 0 aliphatic carbocycles. The van der Waals surface area contributed by atoms with Crippen LogP contribution in [0, 0.1) is 6.92 Å². The second-order valence-corrected chi connectivity index (χ2v) is 6.54. The van der Waals surface area contributed by atoms with E-state index in [9.17, 15) is 9.59 Å². The summed E-state index contributed by atoms with van der Waals surface area (Å²) in [6, 6.07) is 19.3. The minimum absolute atomic E-state index is 0.0972. The number of nitrogens with two attached hydrogens (primary N) is 1. The summed E-state index contributed by atoms with van der Waals surface area (Å²) in [6.45, 7) is 1.87. The third-order valence-corrected chi connectivity index (χ3v) is 4.23. The average Bonchev–Trinajstić information content (AvgIpc) is 2.73. The number of fused-ring (bicyclic) bond motifs is 1. The summed E-state index contributed by atoms with van der Waals surface area (Å²) >= 11 is 0. The van der Waals surface area contributed by atoms with Gasteiger partial charge in [0.1, 0.15) is 17.0 Å². The molecule has 0 unspecified atom stereocenters. The molecular formula is C23H19N3O5. The number of carboxylic acids is 1. The van der Waals surface area contributed by atoms with Gasteiger partial charge in [-0.15, -0.1) is 5.11 Å². The number of nitrogen functional groups attached to an aromatic ring is 1. The zero-order chi connectivity index (χ0) is 22.4. The molecule has 0 radical (unpaired) electrons. The number of phenols is 1. The summed E-state index contributed by atoms with van der Waals surface area (Å²) in [5.74, 6) is -0.907. The average molecular weight is 417 g/mol. The van der Waals surface area contributed by atoms with Gasteiger partial charge >= 0.3 is 11.6 Å². The molecule has 0 atom stereocenters. The van der Waals surface area contributed by atoms with Gasteiger partial charge in [0.05, 0.1) is 11.3 Å². The Bertz CT molecular complexity index is 1310. The SMILES string of the molecule is Cc1cc(=O)oc2cc(N)ccc12.O=C(O)c1ccccc1N=Nc1ccc(O)cc1. The number of aryl methyl sites for hydroxylation is 1. The molecular weight excluding hydrogens is 398 g/mol. The first-order valence-electron chi connectivity index (χ1n) is 9.16. The fraction of sp³-hybridized carbons (Fsp3) is 0.0435. The summed E-state index contributed by atoms with van der Waals surface area (Å²) in [4.78, 5) is 22.0. The molecule has 156 valence electrons. The Kier molecular flexibility index (Phi) is 6.42. The van der Waals surface area contributed by atoms with Gasteiger partial charge in [0, 0.05) is 23.2 Å². The Balaban J connectivity index is 0.000000185. The van der Waals surface area contributed by atoms with Crippen molar-refractivity contribution >= 4 is 34.0 Å². The molecule has 3 aromatic carbocycles. The molecule has 0 aliphatic heterocycles. The highest BCUT2D eigenvalue weighted by Gasteiger charge is 2.07. The molecule has 0 amide bonds. The third-order valence-electron chi connectivity index (χ3n) is 4.23. The zero-order valence-electron chi connectivity index (χ0n) is 16.5. The summed E-state index contributed by atoms with van der Waals surface area (Å²) in [5.41, 5.74) is 8.20. The van der Waals surface area contributed by atoms with Gasteiger partial charge in [-0.05, 0) is 61.0 Å². The normalized spacial score (nSPS) is 10.6. The standard InChI is InChI=1S/C13H10N2O3.C10H9NO2/c16-10-7-5-9(6-8-10)14-15-12-4-2-1-3-11(12)13(17)18;1-6-4-10(12)13-9-5-7(11)2-3-8(6)9/h1-8,16H,(H,17,18);2-5H,11H2,1H3. The van der Waals surface area contributed by atoms with E-state index in [1.165, 1.54) is 24.3 Å². The monoisotopic (exact) mass is 417 g/mol. The predicted octanol–water partition coefficient (Wildman–Crippen LogP) is 5.19. The van der Waals surface area contributed by atoms with E-state index in [-0.39, 0.29) is 22.6 Å². The highest BCUT2D eigenvalue weighted by molar-refractivity contribution is 5.93. The molecule has 4 aromatic rings. The maximum Gasteiger partial charge on any atom is 0.337 e. The summed E-state index contributed by atoms with van der Waals surface area (Å²) in [7, 11) is 0. The number of carboxylic acid groups (broad SMARTS) is 1. The van der Waals surface area contributed by atoms with Crippen molar-refractivity contribution in [2.45, 2.75) is 6.92 Å². The molecule has 1 aromatic heterocycles. The summed E-state index contributed by atoms with van der Waals surface area (Å²) in [6.07, 6.45) is 0. The van der Waals surface area contributed by atoms with Crippen LogP contribution in [0.2, 0.25) is 0 Å². The van der Waals surface area contributed by atoms with Crippen molar-refractivity contribution in [2.75, 3.05) is 5.73 Å². The highest BCUT2D eigenvalue weighted by Crippen LogP contribution is 2.23. The molecule has 1 heterocycles. The topological polar surface area (TPSA) is 138 Å². The predicted molar refractivity (Wildman–Crippen MR) is 117 cm³/mol. The number of benzene rings is 3. The van der Waals surface area contributed by atoms with E-state index in [4.69, 9.17) is 20.4 Å². The van der Waals surface area contributed by atoms with E-state index < -0.39 is 5.97 Å². The van der Waals surface area contributed by atoms with E-state index in [0.29, 0.717) is 17.0 Å². The second-order valence-electron chi connectivity index (χ2n) is 6.54. The number of aromatic carboxylic acids is 1. The van der Waals surface area contributed by atoms with Gasteiger partial charge in [0.15, 0.2) is 0 Å². The van der Waals surface area contributed by atoms with Crippen LogP contribution in [0.1, 0.15) is 15.9 Å². The van der Waals surface area contributed by atoms with Crippen LogP contribution in [0.3, 0.4) is 0 Å². The lowest BCUT2D eigenvalue weighted by Crippen LogP contribution is -1.98. The maximum absolute atomic E-state index is 11.0. The van der Waals surface area contributed by atoms with Crippen molar-refractivity contribution < 1.29 is 19.4 Å². The fourth-order valence-corrected chi connectivity index (χ4v) is 2.71. The first-order valence-corrected chi connectivity index (χ1v) is 9.16. The molecule has 4 rings (SSSR count). The minimum Gasteiger partial charge on any atom is -0.508 e. The Morgan fingerprint density at radius 3 is 2.39 bits per heavy atom. The first-order chi connectivity index (χ1) is 14.8.